The van der Waals surface area contributed by atoms with Crippen LogP contribution in [0.15, 0.2) is 48.5 Å². The molecule has 27 heavy (non-hydrogen) atoms. The van der Waals surface area contributed by atoms with E-state index in [1.165, 1.54) is 7.11 Å². The van der Waals surface area contributed by atoms with Gasteiger partial charge in [-0.05, 0) is 60.5 Å². The molecule has 0 spiro atoms. The molecule has 0 aromatic heterocycles. The molecule has 2 rings (SSSR count). The molecule has 2 aromatic carbocycles. The number of ether oxygens (including phenoxy) is 2. The minimum atomic E-state index is -0.381. The Morgan fingerprint density at radius 2 is 1.81 bits per heavy atom. The maximum atomic E-state index is 11.7. The highest BCUT2D eigenvalue weighted by molar-refractivity contribution is 7.80. The largest absolute Gasteiger partial charge is 0.497 e. The molecule has 0 saturated heterocycles. The highest BCUT2D eigenvalue weighted by atomic mass is 32.1. The summed E-state index contributed by atoms with van der Waals surface area (Å²) in [6, 6.07) is 15.1. The Morgan fingerprint density at radius 3 is 2.41 bits per heavy atom. The third-order valence-corrected chi connectivity index (χ3v) is 4.29. The number of methoxy groups -OCH3 is 2. The zero-order valence-electron chi connectivity index (χ0n) is 16.1. The van der Waals surface area contributed by atoms with Gasteiger partial charge in [0.2, 0.25) is 0 Å². The van der Waals surface area contributed by atoms with Gasteiger partial charge in [-0.2, -0.15) is 0 Å². The molecule has 0 fully saturated rings. The van der Waals surface area contributed by atoms with Crippen LogP contribution in [0, 0.1) is 5.92 Å². The van der Waals surface area contributed by atoms with Crippen molar-refractivity contribution in [2.24, 2.45) is 5.92 Å². The fourth-order valence-electron chi connectivity index (χ4n) is 2.75. The molecule has 2 aromatic rings. The van der Waals surface area contributed by atoms with Crippen LogP contribution >= 0.6 is 12.2 Å². The van der Waals surface area contributed by atoms with Crippen molar-refractivity contribution in [1.29, 1.82) is 0 Å². The second-order valence-corrected chi connectivity index (χ2v) is 7.03. The summed E-state index contributed by atoms with van der Waals surface area (Å²) in [5.41, 5.74) is 2.34. The van der Waals surface area contributed by atoms with Gasteiger partial charge in [-0.25, -0.2) is 4.79 Å². The number of anilines is 1. The first kappa shape index (κ1) is 20.7. The molecule has 0 radical (unpaired) electrons. The van der Waals surface area contributed by atoms with Gasteiger partial charge in [-0.15, -0.1) is 0 Å². The molecule has 0 heterocycles. The van der Waals surface area contributed by atoms with E-state index in [1.807, 2.05) is 30.3 Å². The van der Waals surface area contributed by atoms with Crippen LogP contribution in [-0.4, -0.2) is 25.3 Å². The molecule has 0 amide bonds. The second kappa shape index (κ2) is 9.92. The fraction of sp³-hybridized carbons (Fsp3) is 0.333. The lowest BCUT2D eigenvalue weighted by molar-refractivity contribution is 0.0601. The van der Waals surface area contributed by atoms with Gasteiger partial charge in [0.15, 0.2) is 5.11 Å². The first-order valence-corrected chi connectivity index (χ1v) is 9.23. The number of rotatable bonds is 7. The lowest BCUT2D eigenvalue weighted by Crippen LogP contribution is -2.33. The van der Waals surface area contributed by atoms with Crippen LogP contribution in [0.3, 0.4) is 0 Å². The zero-order valence-corrected chi connectivity index (χ0v) is 16.9. The summed E-state index contributed by atoms with van der Waals surface area (Å²) < 4.78 is 9.99. The summed E-state index contributed by atoms with van der Waals surface area (Å²) in [5.74, 6) is 0.936. The van der Waals surface area contributed by atoms with Crippen molar-refractivity contribution in [1.82, 2.24) is 5.32 Å². The third kappa shape index (κ3) is 6.25. The number of nitrogens with one attached hydrogen (secondary N) is 2. The standard InChI is InChI=1S/C21H26N2O3S/c1-14(2)12-19(15-8-10-18(25-3)11-9-15)23-21(27)22-17-7-5-6-16(13-17)20(24)26-4/h5-11,13-14,19H,12H2,1-4H3,(H2,22,23,27)/t19-/m1/s1. The minimum absolute atomic E-state index is 0.0692. The average Bonchev–Trinajstić information content (AvgIpc) is 2.66. The van der Waals surface area contributed by atoms with Crippen LogP contribution in [0.2, 0.25) is 0 Å². The molecule has 2 N–H and O–H groups in total. The van der Waals surface area contributed by atoms with Crippen LogP contribution in [0.5, 0.6) is 5.75 Å². The molecule has 0 bridgehead atoms. The summed E-state index contributed by atoms with van der Waals surface area (Å²) in [6.45, 7) is 4.35. The van der Waals surface area contributed by atoms with E-state index in [0.717, 1.165) is 23.4 Å². The number of esters is 1. The van der Waals surface area contributed by atoms with Crippen LogP contribution in [0.25, 0.3) is 0 Å². The van der Waals surface area contributed by atoms with E-state index in [1.54, 1.807) is 25.3 Å². The van der Waals surface area contributed by atoms with Gasteiger partial charge in [0.05, 0.1) is 25.8 Å². The first-order chi connectivity index (χ1) is 12.9. The number of carbonyl (C=O) groups is 1. The Labute approximate surface area is 166 Å². The van der Waals surface area contributed by atoms with Crippen LogP contribution in [0.1, 0.15) is 42.2 Å². The molecule has 1 atom stereocenters. The van der Waals surface area contributed by atoms with Crippen molar-refractivity contribution in [3.05, 3.63) is 59.7 Å². The van der Waals surface area contributed by atoms with Gasteiger partial charge in [0.25, 0.3) is 0 Å². The highest BCUT2D eigenvalue weighted by Gasteiger charge is 2.15. The molecule has 0 unspecified atom stereocenters. The van der Waals surface area contributed by atoms with Gasteiger partial charge < -0.3 is 20.1 Å². The van der Waals surface area contributed by atoms with E-state index in [-0.39, 0.29) is 12.0 Å². The molecule has 0 aliphatic heterocycles. The molecule has 144 valence electrons. The Hall–Kier alpha value is -2.60. The topological polar surface area (TPSA) is 59.6 Å². The monoisotopic (exact) mass is 386 g/mol. The number of carbonyl (C=O) groups excluding carboxylic acids is 1. The van der Waals surface area contributed by atoms with Crippen molar-refractivity contribution in [3.63, 3.8) is 0 Å². The summed E-state index contributed by atoms with van der Waals surface area (Å²) in [7, 11) is 3.01. The Kier molecular flexibility index (Phi) is 7.61. The summed E-state index contributed by atoms with van der Waals surface area (Å²) in [6.07, 6.45) is 0.927. The van der Waals surface area contributed by atoms with E-state index in [4.69, 9.17) is 21.7 Å². The van der Waals surface area contributed by atoms with Gasteiger partial charge in [0.1, 0.15) is 5.75 Å². The summed E-state index contributed by atoms with van der Waals surface area (Å²) in [5, 5.41) is 7.02. The van der Waals surface area contributed by atoms with Crippen molar-refractivity contribution >= 4 is 29.0 Å². The lowest BCUT2D eigenvalue weighted by atomic mass is 9.97. The summed E-state index contributed by atoms with van der Waals surface area (Å²) >= 11 is 5.49. The minimum Gasteiger partial charge on any atom is -0.497 e. The molecule has 0 aliphatic rings. The number of benzene rings is 2. The van der Waals surface area contributed by atoms with Crippen LogP contribution < -0.4 is 15.4 Å². The van der Waals surface area contributed by atoms with E-state index in [0.29, 0.717) is 16.6 Å². The lowest BCUT2D eigenvalue weighted by Gasteiger charge is -2.23. The Bertz CT molecular complexity index is 775. The molecular formula is C21H26N2O3S. The van der Waals surface area contributed by atoms with Gasteiger partial charge >= 0.3 is 5.97 Å². The molecule has 5 nitrogen and oxygen atoms in total. The van der Waals surface area contributed by atoms with Gasteiger partial charge in [0, 0.05) is 5.69 Å². The van der Waals surface area contributed by atoms with Crippen LogP contribution in [-0.2, 0) is 4.74 Å². The van der Waals surface area contributed by atoms with E-state index in [2.05, 4.69) is 24.5 Å². The third-order valence-electron chi connectivity index (χ3n) is 4.07. The molecular weight excluding hydrogens is 360 g/mol. The zero-order chi connectivity index (χ0) is 19.8. The predicted molar refractivity (Wildman–Crippen MR) is 112 cm³/mol. The molecule has 0 saturated carbocycles. The highest BCUT2D eigenvalue weighted by Crippen LogP contribution is 2.24. The van der Waals surface area contributed by atoms with E-state index < -0.39 is 0 Å². The summed E-state index contributed by atoms with van der Waals surface area (Å²) in [4.78, 5) is 11.7. The molecule has 0 aliphatic carbocycles. The quantitative estimate of drug-likeness (QED) is 0.538. The maximum Gasteiger partial charge on any atom is 0.337 e. The Morgan fingerprint density at radius 1 is 1.11 bits per heavy atom. The second-order valence-electron chi connectivity index (χ2n) is 6.63. The Balaban J connectivity index is 2.10. The number of hydrogen-bond acceptors (Lipinski definition) is 4. The number of hydrogen-bond donors (Lipinski definition) is 2. The normalized spacial score (nSPS) is 11.6. The fourth-order valence-corrected chi connectivity index (χ4v) is 3.01. The van der Waals surface area contributed by atoms with Crippen molar-refractivity contribution in [2.45, 2.75) is 26.3 Å². The SMILES string of the molecule is COC(=O)c1cccc(NC(=S)N[C@H](CC(C)C)c2ccc(OC)cc2)c1. The van der Waals surface area contributed by atoms with Gasteiger partial charge in [-0.1, -0.05) is 32.0 Å². The van der Waals surface area contributed by atoms with Crippen LogP contribution in [0.4, 0.5) is 5.69 Å². The van der Waals surface area contributed by atoms with E-state index in [9.17, 15) is 4.79 Å². The first-order valence-electron chi connectivity index (χ1n) is 8.82. The van der Waals surface area contributed by atoms with E-state index >= 15 is 0 Å². The number of thiocarbonyl (C=S) groups is 1. The van der Waals surface area contributed by atoms with Crippen molar-refractivity contribution in [3.8, 4) is 5.75 Å². The van der Waals surface area contributed by atoms with Crippen molar-refractivity contribution in [2.75, 3.05) is 19.5 Å². The average molecular weight is 387 g/mol. The maximum absolute atomic E-state index is 11.7. The smallest absolute Gasteiger partial charge is 0.337 e. The predicted octanol–water partition coefficient (Wildman–Crippen LogP) is 4.56. The molecule has 6 heteroatoms. The van der Waals surface area contributed by atoms with Crippen molar-refractivity contribution < 1.29 is 14.3 Å². The van der Waals surface area contributed by atoms with Gasteiger partial charge in [-0.3, -0.25) is 0 Å².